The molecule has 0 aliphatic heterocycles. The van der Waals surface area contributed by atoms with Gasteiger partial charge in [-0.1, -0.05) is 0 Å². The Morgan fingerprint density at radius 2 is 1.85 bits per heavy atom. The second-order valence-corrected chi connectivity index (χ2v) is 6.02. The van der Waals surface area contributed by atoms with Gasteiger partial charge in [0.25, 0.3) is 5.91 Å². The summed E-state index contributed by atoms with van der Waals surface area (Å²) in [6, 6.07) is 5.27. The number of nitrogens with one attached hydrogen (secondary N) is 1. The van der Waals surface area contributed by atoms with Gasteiger partial charge in [-0.25, -0.2) is 8.42 Å². The molecule has 0 aliphatic carbocycles. The molecule has 0 radical (unpaired) electrons. The van der Waals surface area contributed by atoms with Crippen LogP contribution in [0.1, 0.15) is 10.4 Å². The summed E-state index contributed by atoms with van der Waals surface area (Å²) in [6.07, 6.45) is 0. The molecule has 20 heavy (non-hydrogen) atoms. The highest BCUT2D eigenvalue weighted by atomic mass is 32.2. The fourth-order valence-electron chi connectivity index (χ4n) is 1.38. The first-order valence-corrected chi connectivity index (χ1v) is 7.34. The SMILES string of the molecule is COCCS(=O)(=O)c1ccc(C(=O)NCC(=O)O)cc1. The quantitative estimate of drug-likeness (QED) is 0.729. The van der Waals surface area contributed by atoms with Crippen molar-refractivity contribution in [1.82, 2.24) is 5.32 Å². The van der Waals surface area contributed by atoms with E-state index in [1.165, 1.54) is 31.4 Å². The standard InChI is InChI=1S/C12H15NO6S/c1-19-6-7-20(17,18)10-4-2-9(3-5-10)12(16)13-8-11(14)15/h2-5H,6-8H2,1H3,(H,13,16)(H,14,15). The number of hydrogen-bond acceptors (Lipinski definition) is 5. The van der Waals surface area contributed by atoms with E-state index in [9.17, 15) is 18.0 Å². The van der Waals surface area contributed by atoms with E-state index in [0.717, 1.165) is 0 Å². The Morgan fingerprint density at radius 3 is 2.35 bits per heavy atom. The van der Waals surface area contributed by atoms with E-state index in [4.69, 9.17) is 9.84 Å². The van der Waals surface area contributed by atoms with Gasteiger partial charge in [-0.3, -0.25) is 9.59 Å². The first kappa shape index (κ1) is 16.1. The second-order valence-electron chi connectivity index (χ2n) is 3.91. The van der Waals surface area contributed by atoms with Crippen molar-refractivity contribution in [2.24, 2.45) is 0 Å². The van der Waals surface area contributed by atoms with Gasteiger partial charge < -0.3 is 15.2 Å². The summed E-state index contributed by atoms with van der Waals surface area (Å²) in [5.74, 6) is -1.88. The molecule has 0 atom stereocenters. The van der Waals surface area contributed by atoms with Crippen molar-refractivity contribution < 1.29 is 27.9 Å². The largest absolute Gasteiger partial charge is 0.480 e. The molecule has 7 nitrogen and oxygen atoms in total. The van der Waals surface area contributed by atoms with Gasteiger partial charge >= 0.3 is 5.97 Å². The van der Waals surface area contributed by atoms with Gasteiger partial charge in [0, 0.05) is 12.7 Å². The number of amides is 1. The molecular formula is C12H15NO6S. The zero-order valence-corrected chi connectivity index (χ0v) is 11.6. The molecule has 2 N–H and O–H groups in total. The predicted octanol–water partition coefficient (Wildman–Crippen LogP) is -0.0789. The number of hydrogen-bond donors (Lipinski definition) is 2. The Balaban J connectivity index is 2.78. The maximum Gasteiger partial charge on any atom is 0.322 e. The maximum atomic E-state index is 11.8. The number of carboxylic acid groups (broad SMARTS) is 1. The number of methoxy groups -OCH3 is 1. The first-order chi connectivity index (χ1) is 9.36. The van der Waals surface area contributed by atoms with Crippen LogP contribution in [-0.4, -0.2) is 51.4 Å². The molecule has 1 aromatic rings. The number of sulfone groups is 1. The summed E-state index contributed by atoms with van der Waals surface area (Å²) in [6.45, 7) is -0.407. The van der Waals surface area contributed by atoms with Crippen LogP contribution in [0.3, 0.4) is 0 Å². The fraction of sp³-hybridized carbons (Fsp3) is 0.333. The minimum absolute atomic E-state index is 0.0865. The van der Waals surface area contributed by atoms with Crippen LogP contribution in [-0.2, 0) is 19.4 Å². The number of carboxylic acids is 1. The number of benzene rings is 1. The average molecular weight is 301 g/mol. The van der Waals surface area contributed by atoms with Crippen LogP contribution in [0.25, 0.3) is 0 Å². The lowest BCUT2D eigenvalue weighted by Gasteiger charge is -2.06. The average Bonchev–Trinajstić information content (AvgIpc) is 2.42. The lowest BCUT2D eigenvalue weighted by molar-refractivity contribution is -0.135. The van der Waals surface area contributed by atoms with Crippen LogP contribution in [0, 0.1) is 0 Å². The van der Waals surface area contributed by atoms with E-state index >= 15 is 0 Å². The number of ether oxygens (including phenoxy) is 1. The molecule has 0 spiro atoms. The Kier molecular flexibility index (Phi) is 5.66. The number of carbonyl (C=O) groups excluding carboxylic acids is 1. The number of rotatable bonds is 7. The summed E-state index contributed by atoms with van der Waals surface area (Å²) in [5, 5.41) is 10.6. The van der Waals surface area contributed by atoms with E-state index in [1.54, 1.807) is 0 Å². The monoisotopic (exact) mass is 301 g/mol. The minimum atomic E-state index is -3.44. The van der Waals surface area contributed by atoms with E-state index in [2.05, 4.69) is 5.32 Å². The molecule has 0 bridgehead atoms. The Labute approximate surface area is 116 Å². The van der Waals surface area contributed by atoms with Crippen molar-refractivity contribution in [3.8, 4) is 0 Å². The highest BCUT2D eigenvalue weighted by Gasteiger charge is 2.15. The molecule has 0 unspecified atom stereocenters. The van der Waals surface area contributed by atoms with Crippen LogP contribution in [0.15, 0.2) is 29.2 Å². The van der Waals surface area contributed by atoms with Crippen LogP contribution in [0.2, 0.25) is 0 Å². The van der Waals surface area contributed by atoms with Crippen LogP contribution >= 0.6 is 0 Å². The molecule has 0 heterocycles. The summed E-state index contributed by atoms with van der Waals surface area (Å²) >= 11 is 0. The molecule has 0 fully saturated rings. The topological polar surface area (TPSA) is 110 Å². The summed E-state index contributed by atoms with van der Waals surface area (Å²) in [4.78, 5) is 21.9. The molecule has 1 amide bonds. The normalized spacial score (nSPS) is 11.1. The van der Waals surface area contributed by atoms with Gasteiger partial charge in [0.2, 0.25) is 0 Å². The van der Waals surface area contributed by atoms with Gasteiger partial charge in [0.05, 0.1) is 17.3 Å². The highest BCUT2D eigenvalue weighted by molar-refractivity contribution is 7.91. The van der Waals surface area contributed by atoms with Crippen molar-refractivity contribution >= 4 is 21.7 Å². The second kappa shape index (κ2) is 7.01. The van der Waals surface area contributed by atoms with E-state index in [0.29, 0.717) is 0 Å². The van der Waals surface area contributed by atoms with Crippen LogP contribution in [0.4, 0.5) is 0 Å². The summed E-state index contributed by atoms with van der Waals surface area (Å²) < 4.78 is 28.4. The first-order valence-electron chi connectivity index (χ1n) is 5.68. The van der Waals surface area contributed by atoms with Crippen molar-refractivity contribution in [3.63, 3.8) is 0 Å². The third-order valence-electron chi connectivity index (χ3n) is 2.43. The third kappa shape index (κ3) is 4.63. The zero-order chi connectivity index (χ0) is 15.2. The molecule has 1 aromatic carbocycles. The predicted molar refractivity (Wildman–Crippen MR) is 70.3 cm³/mol. The molecular weight excluding hydrogens is 286 g/mol. The summed E-state index contributed by atoms with van der Waals surface area (Å²) in [5.41, 5.74) is 0.192. The van der Waals surface area contributed by atoms with Gasteiger partial charge in [0.1, 0.15) is 6.54 Å². The fourth-order valence-corrected chi connectivity index (χ4v) is 2.56. The molecule has 0 saturated carbocycles. The molecule has 1 rings (SSSR count). The number of carbonyl (C=O) groups is 2. The summed E-state index contributed by atoms with van der Waals surface area (Å²) in [7, 11) is -2.03. The van der Waals surface area contributed by atoms with Crippen molar-refractivity contribution in [2.45, 2.75) is 4.90 Å². The van der Waals surface area contributed by atoms with Crippen molar-refractivity contribution in [3.05, 3.63) is 29.8 Å². The van der Waals surface area contributed by atoms with Crippen molar-refractivity contribution in [2.75, 3.05) is 26.0 Å². The molecule has 0 saturated heterocycles. The lowest BCUT2D eigenvalue weighted by atomic mass is 10.2. The molecule has 8 heteroatoms. The van der Waals surface area contributed by atoms with E-state index in [-0.39, 0.29) is 22.8 Å². The van der Waals surface area contributed by atoms with Crippen molar-refractivity contribution in [1.29, 1.82) is 0 Å². The van der Waals surface area contributed by atoms with Crippen LogP contribution in [0.5, 0.6) is 0 Å². The molecule has 0 aromatic heterocycles. The van der Waals surface area contributed by atoms with Gasteiger partial charge in [0.15, 0.2) is 9.84 Å². The Morgan fingerprint density at radius 1 is 1.25 bits per heavy atom. The van der Waals surface area contributed by atoms with Gasteiger partial charge in [-0.05, 0) is 24.3 Å². The van der Waals surface area contributed by atoms with Crippen LogP contribution < -0.4 is 5.32 Å². The highest BCUT2D eigenvalue weighted by Crippen LogP contribution is 2.12. The van der Waals surface area contributed by atoms with E-state index in [1.807, 2.05) is 0 Å². The molecule has 0 aliphatic rings. The van der Waals surface area contributed by atoms with Gasteiger partial charge in [-0.2, -0.15) is 0 Å². The zero-order valence-electron chi connectivity index (χ0n) is 10.8. The minimum Gasteiger partial charge on any atom is -0.480 e. The smallest absolute Gasteiger partial charge is 0.322 e. The maximum absolute atomic E-state index is 11.8. The Bertz CT molecular complexity index is 578. The third-order valence-corrected chi connectivity index (χ3v) is 4.13. The lowest BCUT2D eigenvalue weighted by Crippen LogP contribution is -2.29. The van der Waals surface area contributed by atoms with Gasteiger partial charge in [-0.15, -0.1) is 0 Å². The molecule has 110 valence electrons. The Hall–Kier alpha value is -1.93. The van der Waals surface area contributed by atoms with E-state index < -0.39 is 28.3 Å². The number of aliphatic carboxylic acids is 1.